The summed E-state index contributed by atoms with van der Waals surface area (Å²) in [5.41, 5.74) is 6.00. The van der Waals surface area contributed by atoms with Crippen molar-refractivity contribution in [2.24, 2.45) is 0 Å². The van der Waals surface area contributed by atoms with E-state index in [0.29, 0.717) is 17.2 Å². The fraction of sp³-hybridized carbons (Fsp3) is 0.107. The number of para-hydroxylation sites is 2. The van der Waals surface area contributed by atoms with Crippen molar-refractivity contribution in [2.75, 3.05) is 6.61 Å². The molecule has 6 heteroatoms. The predicted molar refractivity (Wildman–Crippen MR) is 138 cm³/mol. The number of ether oxygens (including phenoxy) is 1. The monoisotopic (exact) mass is 462 g/mol. The van der Waals surface area contributed by atoms with E-state index < -0.39 is 0 Å². The van der Waals surface area contributed by atoms with Gasteiger partial charge in [-0.3, -0.25) is 0 Å². The average Bonchev–Trinajstić information content (AvgIpc) is 3.49. The van der Waals surface area contributed by atoms with Gasteiger partial charge in [-0.15, -0.1) is 11.3 Å². The Labute approximate surface area is 202 Å². The SMILES string of the molecule is CCOc1ccc(-c2nn(-c3ccccc3)cc2C=C(C#N)c2nc3ccccc3s2)cc1C. The molecular formula is C28H22N4OS. The number of hydrogen-bond acceptors (Lipinski definition) is 5. The van der Waals surface area contributed by atoms with Crippen molar-refractivity contribution in [1.29, 1.82) is 5.26 Å². The number of benzene rings is 3. The molecule has 0 N–H and O–H groups in total. The van der Waals surface area contributed by atoms with E-state index in [4.69, 9.17) is 9.84 Å². The van der Waals surface area contributed by atoms with Crippen LogP contribution in [0, 0.1) is 18.3 Å². The second-order valence-electron chi connectivity index (χ2n) is 7.78. The van der Waals surface area contributed by atoms with Crippen LogP contribution in [-0.4, -0.2) is 21.4 Å². The summed E-state index contributed by atoms with van der Waals surface area (Å²) in [6.07, 6.45) is 3.84. The van der Waals surface area contributed by atoms with Crippen molar-refractivity contribution >= 4 is 33.2 Å². The van der Waals surface area contributed by atoms with E-state index in [1.165, 1.54) is 11.3 Å². The van der Waals surface area contributed by atoms with Crippen LogP contribution in [0.5, 0.6) is 5.75 Å². The lowest BCUT2D eigenvalue weighted by molar-refractivity contribution is 0.338. The molecule has 0 atom stereocenters. The van der Waals surface area contributed by atoms with Gasteiger partial charge in [0.1, 0.15) is 22.5 Å². The van der Waals surface area contributed by atoms with Gasteiger partial charge in [0.25, 0.3) is 0 Å². The topological polar surface area (TPSA) is 63.7 Å². The van der Waals surface area contributed by atoms with Crippen LogP contribution >= 0.6 is 11.3 Å². The Bertz CT molecular complexity index is 1510. The summed E-state index contributed by atoms with van der Waals surface area (Å²) in [7, 11) is 0. The third-order valence-corrected chi connectivity index (χ3v) is 6.53. The predicted octanol–water partition coefficient (Wildman–Crippen LogP) is 6.92. The molecule has 0 amide bonds. The van der Waals surface area contributed by atoms with Gasteiger partial charge in [0.2, 0.25) is 0 Å². The average molecular weight is 463 g/mol. The normalized spacial score (nSPS) is 11.5. The maximum Gasteiger partial charge on any atom is 0.135 e. The van der Waals surface area contributed by atoms with Crippen molar-refractivity contribution in [1.82, 2.24) is 14.8 Å². The van der Waals surface area contributed by atoms with Crippen molar-refractivity contribution in [3.05, 3.63) is 95.1 Å². The second kappa shape index (κ2) is 9.34. The Morgan fingerprint density at radius 2 is 1.88 bits per heavy atom. The van der Waals surface area contributed by atoms with E-state index in [2.05, 4.69) is 17.1 Å². The third-order valence-electron chi connectivity index (χ3n) is 5.46. The molecule has 166 valence electrons. The van der Waals surface area contributed by atoms with Gasteiger partial charge in [0.15, 0.2) is 0 Å². The summed E-state index contributed by atoms with van der Waals surface area (Å²) in [4.78, 5) is 4.68. The summed E-state index contributed by atoms with van der Waals surface area (Å²) < 4.78 is 8.62. The molecule has 0 unspecified atom stereocenters. The van der Waals surface area contributed by atoms with Crippen molar-refractivity contribution in [2.45, 2.75) is 13.8 Å². The van der Waals surface area contributed by atoms with Crippen LogP contribution in [0.1, 0.15) is 23.1 Å². The third kappa shape index (κ3) is 4.21. The van der Waals surface area contributed by atoms with Gasteiger partial charge in [-0.05, 0) is 68.0 Å². The Morgan fingerprint density at radius 3 is 2.62 bits per heavy atom. The number of rotatable bonds is 6. The van der Waals surface area contributed by atoms with Gasteiger partial charge in [-0.25, -0.2) is 9.67 Å². The summed E-state index contributed by atoms with van der Waals surface area (Å²) in [6, 6.07) is 26.3. The van der Waals surface area contributed by atoms with E-state index in [1.807, 2.05) is 97.5 Å². The van der Waals surface area contributed by atoms with Gasteiger partial charge in [-0.1, -0.05) is 30.3 Å². The molecule has 5 rings (SSSR count). The molecule has 0 radical (unpaired) electrons. The number of nitriles is 1. The van der Waals surface area contributed by atoms with Gasteiger partial charge < -0.3 is 4.74 Å². The lowest BCUT2D eigenvalue weighted by Crippen LogP contribution is -1.95. The fourth-order valence-corrected chi connectivity index (χ4v) is 4.76. The zero-order valence-corrected chi connectivity index (χ0v) is 19.7. The number of allylic oxidation sites excluding steroid dienone is 1. The highest BCUT2D eigenvalue weighted by Crippen LogP contribution is 2.32. The molecule has 0 spiro atoms. The molecule has 5 aromatic rings. The molecule has 0 fully saturated rings. The zero-order chi connectivity index (χ0) is 23.5. The molecule has 2 heterocycles. The standard InChI is InChI=1S/C28H22N4OS/c1-3-33-25-14-13-20(15-19(25)2)27-22(18-32(31-27)23-9-5-4-6-10-23)16-21(17-29)28-30-24-11-7-8-12-26(24)34-28/h4-16,18H,3H2,1-2H3. The summed E-state index contributed by atoms with van der Waals surface area (Å²) in [5, 5.41) is 15.6. The molecule has 0 saturated carbocycles. The highest BCUT2D eigenvalue weighted by Gasteiger charge is 2.15. The van der Waals surface area contributed by atoms with Crippen LogP contribution in [0.25, 0.3) is 38.8 Å². The van der Waals surface area contributed by atoms with Crippen LogP contribution in [0.15, 0.2) is 79.0 Å². The van der Waals surface area contributed by atoms with Gasteiger partial charge in [0.05, 0.1) is 28.1 Å². The molecular weight excluding hydrogens is 440 g/mol. The van der Waals surface area contributed by atoms with Crippen LogP contribution in [0.3, 0.4) is 0 Å². The summed E-state index contributed by atoms with van der Waals surface area (Å²) in [5.74, 6) is 0.859. The van der Waals surface area contributed by atoms with Crippen molar-refractivity contribution in [3.63, 3.8) is 0 Å². The van der Waals surface area contributed by atoms with Crippen molar-refractivity contribution < 1.29 is 4.74 Å². The molecule has 0 saturated heterocycles. The first kappa shape index (κ1) is 21.6. The first-order valence-corrected chi connectivity index (χ1v) is 11.8. The highest BCUT2D eigenvalue weighted by molar-refractivity contribution is 7.19. The first-order chi connectivity index (χ1) is 16.7. The molecule has 34 heavy (non-hydrogen) atoms. The highest BCUT2D eigenvalue weighted by atomic mass is 32.1. The molecule has 3 aromatic carbocycles. The number of aromatic nitrogens is 3. The quantitative estimate of drug-likeness (QED) is 0.257. The van der Waals surface area contributed by atoms with E-state index in [0.717, 1.165) is 44.0 Å². The zero-order valence-electron chi connectivity index (χ0n) is 18.9. The molecule has 0 aliphatic rings. The number of nitrogens with zero attached hydrogens (tertiary/aromatic N) is 4. The fourth-order valence-electron chi connectivity index (χ4n) is 3.83. The number of thiazole rings is 1. The Hall–Kier alpha value is -4.21. The van der Waals surface area contributed by atoms with Gasteiger partial charge in [0, 0.05) is 17.3 Å². The Morgan fingerprint density at radius 1 is 1.09 bits per heavy atom. The molecule has 0 aliphatic carbocycles. The van der Waals surface area contributed by atoms with E-state index >= 15 is 0 Å². The molecule has 2 aromatic heterocycles. The second-order valence-corrected chi connectivity index (χ2v) is 8.81. The van der Waals surface area contributed by atoms with Crippen LogP contribution in [-0.2, 0) is 0 Å². The summed E-state index contributed by atoms with van der Waals surface area (Å²) >= 11 is 1.52. The first-order valence-electron chi connectivity index (χ1n) is 11.0. The largest absolute Gasteiger partial charge is 0.494 e. The summed E-state index contributed by atoms with van der Waals surface area (Å²) in [6.45, 7) is 4.62. The van der Waals surface area contributed by atoms with Crippen LogP contribution in [0.2, 0.25) is 0 Å². The lowest BCUT2D eigenvalue weighted by atomic mass is 10.0. The maximum atomic E-state index is 10.00. The molecule has 0 bridgehead atoms. The number of hydrogen-bond donors (Lipinski definition) is 0. The number of aryl methyl sites for hydroxylation is 1. The van der Waals surface area contributed by atoms with Crippen LogP contribution < -0.4 is 4.74 Å². The minimum atomic E-state index is 0.512. The molecule has 5 nitrogen and oxygen atoms in total. The molecule has 0 aliphatic heterocycles. The lowest BCUT2D eigenvalue weighted by Gasteiger charge is -2.08. The Balaban J connectivity index is 1.65. The smallest absolute Gasteiger partial charge is 0.135 e. The minimum absolute atomic E-state index is 0.512. The van der Waals surface area contributed by atoms with E-state index in [-0.39, 0.29) is 0 Å². The number of fused-ring (bicyclic) bond motifs is 1. The van der Waals surface area contributed by atoms with Crippen molar-refractivity contribution in [3.8, 4) is 28.8 Å². The minimum Gasteiger partial charge on any atom is -0.494 e. The van der Waals surface area contributed by atoms with Crippen LogP contribution in [0.4, 0.5) is 0 Å². The van der Waals surface area contributed by atoms with Gasteiger partial charge in [-0.2, -0.15) is 10.4 Å². The van der Waals surface area contributed by atoms with Gasteiger partial charge >= 0.3 is 0 Å². The maximum absolute atomic E-state index is 10.00. The Kier molecular flexibility index (Phi) is 5.94. The van der Waals surface area contributed by atoms with E-state index in [9.17, 15) is 5.26 Å². The van der Waals surface area contributed by atoms with E-state index in [1.54, 1.807) is 0 Å².